The fraction of sp³-hybridized carbons (Fsp3) is 0.250. The van der Waals surface area contributed by atoms with Gasteiger partial charge in [-0.3, -0.25) is 9.59 Å². The first-order valence-electron chi connectivity index (χ1n) is 6.49. The maximum atomic E-state index is 12.0. The second-order valence-electron chi connectivity index (χ2n) is 5.71. The number of carbonyl (C=O) groups excluding carboxylic acids is 1. The summed E-state index contributed by atoms with van der Waals surface area (Å²) in [7, 11) is 0. The monoisotopic (exact) mass is 365 g/mol. The number of aromatic amines is 1. The van der Waals surface area contributed by atoms with E-state index in [0.717, 1.165) is 10.0 Å². The molecule has 0 aliphatic heterocycles. The molecule has 0 aliphatic rings. The molecular weight excluding hydrogens is 350 g/mol. The van der Waals surface area contributed by atoms with Gasteiger partial charge in [-0.2, -0.15) is 0 Å². The number of Topliss-reactive ketones (excluding diaryl/α,β-unsaturated/α-hetero) is 1. The number of rotatable bonds is 2. The van der Waals surface area contributed by atoms with Crippen molar-refractivity contribution in [3.8, 4) is 0 Å². The normalized spacial score (nSPS) is 13.7. The minimum absolute atomic E-state index is 0.00700. The Morgan fingerprint density at radius 1 is 1.29 bits per heavy atom. The van der Waals surface area contributed by atoms with Crippen LogP contribution in [0.1, 0.15) is 26.3 Å². The molecule has 110 valence electrons. The molecule has 1 heterocycles. The van der Waals surface area contributed by atoms with Crippen molar-refractivity contribution in [3.05, 3.63) is 53.9 Å². The lowest BCUT2D eigenvalue weighted by Gasteiger charge is -2.12. The predicted molar refractivity (Wildman–Crippen MR) is 90.8 cm³/mol. The van der Waals surface area contributed by atoms with Gasteiger partial charge < -0.3 is 4.98 Å². The SMILES string of the molecule is CC(C)(C)C(=O)C=c1[nH]c(=O)c(=Cc2ccccc2Br)s1. The zero-order valence-electron chi connectivity index (χ0n) is 12.1. The summed E-state index contributed by atoms with van der Waals surface area (Å²) in [5.74, 6) is -0.00700. The van der Waals surface area contributed by atoms with Crippen LogP contribution in [0.3, 0.4) is 0 Å². The van der Waals surface area contributed by atoms with E-state index in [0.29, 0.717) is 9.20 Å². The van der Waals surface area contributed by atoms with Crippen molar-refractivity contribution < 1.29 is 4.79 Å². The van der Waals surface area contributed by atoms with Gasteiger partial charge in [-0.1, -0.05) is 54.9 Å². The summed E-state index contributed by atoms with van der Waals surface area (Å²) in [6.45, 7) is 5.56. The number of nitrogens with one attached hydrogen (secondary N) is 1. The minimum atomic E-state index is -0.451. The van der Waals surface area contributed by atoms with E-state index in [4.69, 9.17) is 0 Å². The topological polar surface area (TPSA) is 49.9 Å². The van der Waals surface area contributed by atoms with Crippen LogP contribution >= 0.6 is 27.3 Å². The van der Waals surface area contributed by atoms with Gasteiger partial charge in [0.05, 0.1) is 9.20 Å². The third kappa shape index (κ3) is 4.02. The van der Waals surface area contributed by atoms with E-state index in [1.807, 2.05) is 51.1 Å². The molecule has 2 aromatic rings. The van der Waals surface area contributed by atoms with Crippen LogP contribution < -0.4 is 14.8 Å². The summed E-state index contributed by atoms with van der Waals surface area (Å²) in [4.78, 5) is 26.7. The van der Waals surface area contributed by atoms with Crippen LogP contribution in [0.4, 0.5) is 0 Å². The molecule has 0 bridgehead atoms. The van der Waals surface area contributed by atoms with Crippen LogP contribution in [0.25, 0.3) is 12.2 Å². The van der Waals surface area contributed by atoms with Gasteiger partial charge in [0.1, 0.15) is 0 Å². The molecular formula is C16H16BrNO2S. The Labute approximate surface area is 135 Å². The van der Waals surface area contributed by atoms with E-state index in [-0.39, 0.29) is 11.3 Å². The van der Waals surface area contributed by atoms with Gasteiger partial charge in [-0.15, -0.1) is 11.3 Å². The molecule has 0 radical (unpaired) electrons. The van der Waals surface area contributed by atoms with E-state index in [1.54, 1.807) is 0 Å². The van der Waals surface area contributed by atoms with Gasteiger partial charge in [-0.05, 0) is 17.7 Å². The average Bonchev–Trinajstić information content (AvgIpc) is 2.71. The molecule has 21 heavy (non-hydrogen) atoms. The molecule has 0 amide bonds. The molecule has 0 unspecified atom stereocenters. The summed E-state index contributed by atoms with van der Waals surface area (Å²) in [5.41, 5.74) is 0.301. The van der Waals surface area contributed by atoms with Gasteiger partial charge in [0.15, 0.2) is 5.78 Å². The second kappa shape index (κ2) is 6.12. The average molecular weight is 366 g/mol. The third-order valence-electron chi connectivity index (χ3n) is 2.87. The van der Waals surface area contributed by atoms with Crippen LogP contribution in [0.5, 0.6) is 0 Å². The van der Waals surface area contributed by atoms with Crippen molar-refractivity contribution in [2.75, 3.05) is 0 Å². The van der Waals surface area contributed by atoms with Crippen molar-refractivity contribution >= 4 is 45.2 Å². The highest BCUT2D eigenvalue weighted by atomic mass is 79.9. The Morgan fingerprint density at radius 3 is 2.57 bits per heavy atom. The van der Waals surface area contributed by atoms with Crippen LogP contribution in [-0.4, -0.2) is 10.8 Å². The fourth-order valence-electron chi connectivity index (χ4n) is 1.59. The number of hydrogen-bond acceptors (Lipinski definition) is 3. The van der Waals surface area contributed by atoms with E-state index in [9.17, 15) is 9.59 Å². The number of hydrogen-bond donors (Lipinski definition) is 1. The molecule has 0 saturated carbocycles. The lowest BCUT2D eigenvalue weighted by Crippen LogP contribution is -2.22. The minimum Gasteiger partial charge on any atom is -0.313 e. The molecule has 3 nitrogen and oxygen atoms in total. The van der Waals surface area contributed by atoms with Crippen LogP contribution in [-0.2, 0) is 4.79 Å². The molecule has 5 heteroatoms. The van der Waals surface area contributed by atoms with Crippen molar-refractivity contribution in [2.24, 2.45) is 5.41 Å². The van der Waals surface area contributed by atoms with Crippen molar-refractivity contribution in [1.29, 1.82) is 0 Å². The number of H-pyrrole nitrogens is 1. The maximum Gasteiger partial charge on any atom is 0.266 e. The van der Waals surface area contributed by atoms with Gasteiger partial charge in [0.25, 0.3) is 5.56 Å². The first kappa shape index (κ1) is 15.9. The Kier molecular flexibility index (Phi) is 4.64. The first-order chi connectivity index (χ1) is 9.77. The quantitative estimate of drug-likeness (QED) is 0.888. The molecule has 0 atom stereocenters. The van der Waals surface area contributed by atoms with Crippen molar-refractivity contribution in [3.63, 3.8) is 0 Å². The number of benzene rings is 1. The van der Waals surface area contributed by atoms with E-state index >= 15 is 0 Å². The number of halogens is 1. The molecule has 0 fully saturated rings. The molecule has 0 saturated heterocycles. The fourth-order valence-corrected chi connectivity index (χ4v) is 2.87. The molecule has 1 N–H and O–H groups in total. The van der Waals surface area contributed by atoms with Crippen LogP contribution in [0, 0.1) is 5.41 Å². The first-order valence-corrected chi connectivity index (χ1v) is 8.10. The smallest absolute Gasteiger partial charge is 0.266 e. The third-order valence-corrected chi connectivity index (χ3v) is 4.56. The number of ketones is 1. The highest BCUT2D eigenvalue weighted by molar-refractivity contribution is 9.10. The Morgan fingerprint density at radius 2 is 1.95 bits per heavy atom. The molecule has 0 aliphatic carbocycles. The zero-order chi connectivity index (χ0) is 15.6. The van der Waals surface area contributed by atoms with Gasteiger partial charge in [-0.25, -0.2) is 0 Å². The summed E-state index contributed by atoms with van der Waals surface area (Å²) >= 11 is 4.74. The molecule has 1 aromatic carbocycles. The summed E-state index contributed by atoms with van der Waals surface area (Å²) in [6.07, 6.45) is 3.32. The van der Waals surface area contributed by atoms with Gasteiger partial charge >= 0.3 is 0 Å². The summed E-state index contributed by atoms with van der Waals surface area (Å²) in [5, 5.41) is 0. The van der Waals surface area contributed by atoms with E-state index < -0.39 is 5.41 Å². The number of aromatic nitrogens is 1. The van der Waals surface area contributed by atoms with Crippen molar-refractivity contribution in [2.45, 2.75) is 20.8 Å². The summed E-state index contributed by atoms with van der Waals surface area (Å²) in [6, 6.07) is 7.67. The number of carbonyl (C=O) groups is 1. The van der Waals surface area contributed by atoms with Crippen LogP contribution in [0.2, 0.25) is 0 Å². The Balaban J connectivity index is 2.51. The van der Waals surface area contributed by atoms with Crippen LogP contribution in [0.15, 0.2) is 33.5 Å². The van der Waals surface area contributed by atoms with E-state index in [1.165, 1.54) is 17.4 Å². The maximum absolute atomic E-state index is 12.0. The standard InChI is InChI=1S/C16H16BrNO2S/c1-16(2,3)13(19)9-14-18-15(20)12(21-14)8-10-6-4-5-7-11(10)17/h4-9H,1-3H3,(H,18,20). The molecule has 0 spiro atoms. The summed E-state index contributed by atoms with van der Waals surface area (Å²) < 4.78 is 2.09. The van der Waals surface area contributed by atoms with Gasteiger partial charge in [0.2, 0.25) is 0 Å². The highest BCUT2D eigenvalue weighted by Gasteiger charge is 2.18. The highest BCUT2D eigenvalue weighted by Crippen LogP contribution is 2.16. The zero-order valence-corrected chi connectivity index (χ0v) is 14.5. The Hall–Kier alpha value is -1.46. The van der Waals surface area contributed by atoms with E-state index in [2.05, 4.69) is 20.9 Å². The lowest BCUT2D eigenvalue weighted by molar-refractivity contribution is -0.119. The lowest BCUT2D eigenvalue weighted by atomic mass is 9.91. The predicted octanol–water partition coefficient (Wildman–Crippen LogP) is 2.42. The number of thiazole rings is 1. The molecule has 2 rings (SSSR count). The second-order valence-corrected chi connectivity index (χ2v) is 7.65. The van der Waals surface area contributed by atoms with Gasteiger partial charge in [0, 0.05) is 16.0 Å². The Bertz CT molecular complexity index is 840. The molecule has 1 aromatic heterocycles. The van der Waals surface area contributed by atoms with Crippen molar-refractivity contribution in [1.82, 2.24) is 4.98 Å². The largest absolute Gasteiger partial charge is 0.313 e.